The molecule has 9 nitrogen and oxygen atoms in total. The predicted molar refractivity (Wildman–Crippen MR) is 163 cm³/mol. The summed E-state index contributed by atoms with van der Waals surface area (Å²) in [5.41, 5.74) is 0.635. The molecule has 1 N–H and O–H groups in total. The van der Waals surface area contributed by atoms with Gasteiger partial charge in [-0.3, -0.25) is 9.69 Å². The fourth-order valence-electron chi connectivity index (χ4n) is 7.28. The molecule has 4 heterocycles. The van der Waals surface area contributed by atoms with E-state index in [1.165, 1.54) is 12.8 Å². The van der Waals surface area contributed by atoms with Gasteiger partial charge in [-0.15, -0.1) is 10.2 Å². The molecule has 3 aliphatic heterocycles. The summed E-state index contributed by atoms with van der Waals surface area (Å²) in [5, 5.41) is 12.3. The molecule has 0 radical (unpaired) electrons. The van der Waals surface area contributed by atoms with Crippen LogP contribution >= 0.6 is 0 Å². The average Bonchev–Trinajstić information content (AvgIpc) is 3.45. The Kier molecular flexibility index (Phi) is 9.26. The minimum Gasteiger partial charge on any atom is -0.444 e. The number of piperidine rings is 2. The Balaban J connectivity index is 1.19. The van der Waals surface area contributed by atoms with Crippen LogP contribution in [0, 0.1) is 12.8 Å². The van der Waals surface area contributed by atoms with E-state index < -0.39 is 5.60 Å². The van der Waals surface area contributed by atoms with Crippen molar-refractivity contribution in [2.45, 2.75) is 122 Å². The maximum Gasteiger partial charge on any atom is 0.410 e. The zero-order valence-electron chi connectivity index (χ0n) is 26.4. The summed E-state index contributed by atoms with van der Waals surface area (Å²) >= 11 is 0. The molecule has 2 aromatic rings. The number of fused-ring (bicyclic) bond motifs is 2. The third-order valence-electron chi connectivity index (χ3n) is 9.35. The number of ether oxygens (including phenoxy) is 1. The number of hydrogen-bond donors (Lipinski definition) is 1. The molecule has 3 saturated heterocycles. The Morgan fingerprint density at radius 1 is 0.976 bits per heavy atom. The third-order valence-corrected chi connectivity index (χ3v) is 9.35. The van der Waals surface area contributed by atoms with Gasteiger partial charge in [-0.2, -0.15) is 0 Å². The van der Waals surface area contributed by atoms with E-state index in [9.17, 15) is 9.59 Å². The molecule has 5 rings (SSSR count). The van der Waals surface area contributed by atoms with E-state index in [2.05, 4.69) is 70.0 Å². The van der Waals surface area contributed by atoms with Gasteiger partial charge in [-0.25, -0.2) is 4.79 Å². The van der Waals surface area contributed by atoms with Crippen molar-refractivity contribution < 1.29 is 14.3 Å². The molecule has 0 saturated carbocycles. The van der Waals surface area contributed by atoms with Gasteiger partial charge in [0.05, 0.1) is 6.04 Å². The number of nitrogens with one attached hydrogen (secondary N) is 1. The van der Waals surface area contributed by atoms with Crippen molar-refractivity contribution in [1.82, 2.24) is 29.9 Å². The quantitative estimate of drug-likeness (QED) is 0.427. The molecule has 9 heteroatoms. The average molecular weight is 579 g/mol. The lowest BCUT2D eigenvalue weighted by atomic mass is 9.93. The van der Waals surface area contributed by atoms with Gasteiger partial charge in [0.15, 0.2) is 0 Å². The second kappa shape index (κ2) is 12.7. The van der Waals surface area contributed by atoms with Crippen LogP contribution in [0.5, 0.6) is 0 Å². The van der Waals surface area contributed by atoms with Crippen molar-refractivity contribution in [2.75, 3.05) is 19.6 Å². The van der Waals surface area contributed by atoms with Crippen LogP contribution in [0.15, 0.2) is 30.3 Å². The SMILES string of the molecule is Cc1nnc(C(C)C)n1C1CC2CCC(C1)N2CC[C@H](NC(=O)C1CCN(C(=O)OC(C)(C)C)CC1)c1ccccc1. The van der Waals surface area contributed by atoms with Crippen molar-refractivity contribution in [3.63, 3.8) is 0 Å². The maximum absolute atomic E-state index is 13.5. The van der Waals surface area contributed by atoms with Gasteiger partial charge in [0, 0.05) is 49.6 Å². The van der Waals surface area contributed by atoms with E-state index in [0.717, 1.165) is 43.0 Å². The Labute approximate surface area is 251 Å². The van der Waals surface area contributed by atoms with Crippen LogP contribution in [-0.4, -0.2) is 73.9 Å². The van der Waals surface area contributed by atoms with Crippen LogP contribution in [0.1, 0.15) is 115 Å². The number of nitrogens with zero attached hydrogens (tertiary/aromatic N) is 5. The molecule has 0 spiro atoms. The molecule has 2 unspecified atom stereocenters. The lowest BCUT2D eigenvalue weighted by Crippen LogP contribution is -2.46. The topological polar surface area (TPSA) is 92.6 Å². The van der Waals surface area contributed by atoms with E-state index in [1.807, 2.05) is 26.8 Å². The summed E-state index contributed by atoms with van der Waals surface area (Å²) in [6, 6.07) is 11.9. The molecule has 2 amide bonds. The highest BCUT2D eigenvalue weighted by Crippen LogP contribution is 2.42. The number of rotatable bonds is 8. The Morgan fingerprint density at radius 3 is 2.21 bits per heavy atom. The van der Waals surface area contributed by atoms with Crippen LogP contribution in [0.25, 0.3) is 0 Å². The van der Waals surface area contributed by atoms with Crippen LogP contribution in [-0.2, 0) is 9.53 Å². The van der Waals surface area contributed by atoms with Gasteiger partial charge in [-0.1, -0.05) is 44.2 Å². The molecule has 230 valence electrons. The Hall–Kier alpha value is -2.94. The second-order valence-electron chi connectivity index (χ2n) is 13.9. The predicted octanol–water partition coefficient (Wildman–Crippen LogP) is 5.77. The summed E-state index contributed by atoms with van der Waals surface area (Å²) in [5.74, 6) is 2.50. The number of benzene rings is 1. The summed E-state index contributed by atoms with van der Waals surface area (Å²) in [6.07, 6.45) is 6.64. The monoisotopic (exact) mass is 578 g/mol. The normalized spacial score (nSPS) is 24.2. The zero-order valence-corrected chi connectivity index (χ0v) is 26.4. The van der Waals surface area contributed by atoms with Crippen molar-refractivity contribution in [2.24, 2.45) is 5.92 Å². The maximum atomic E-state index is 13.5. The largest absolute Gasteiger partial charge is 0.444 e. The molecular formula is C33H50N6O3. The smallest absolute Gasteiger partial charge is 0.410 e. The van der Waals surface area contributed by atoms with E-state index in [1.54, 1.807) is 4.90 Å². The van der Waals surface area contributed by atoms with Gasteiger partial charge in [0.2, 0.25) is 5.91 Å². The van der Waals surface area contributed by atoms with Crippen LogP contribution in [0.2, 0.25) is 0 Å². The van der Waals surface area contributed by atoms with Gasteiger partial charge in [-0.05, 0) is 78.2 Å². The molecular weight excluding hydrogens is 528 g/mol. The summed E-state index contributed by atoms with van der Waals surface area (Å²) in [4.78, 5) is 30.4. The molecule has 0 aliphatic carbocycles. The van der Waals surface area contributed by atoms with Crippen molar-refractivity contribution in [3.8, 4) is 0 Å². The molecule has 3 aliphatic rings. The summed E-state index contributed by atoms with van der Waals surface area (Å²) < 4.78 is 7.94. The van der Waals surface area contributed by atoms with Gasteiger partial charge in [0.25, 0.3) is 0 Å². The van der Waals surface area contributed by atoms with Crippen LogP contribution in [0.4, 0.5) is 4.79 Å². The zero-order chi connectivity index (χ0) is 30.0. The minimum atomic E-state index is -0.518. The number of carbonyl (C=O) groups is 2. The molecule has 42 heavy (non-hydrogen) atoms. The number of aromatic nitrogens is 3. The van der Waals surface area contributed by atoms with E-state index >= 15 is 0 Å². The third kappa shape index (κ3) is 6.99. The van der Waals surface area contributed by atoms with E-state index in [0.29, 0.717) is 50.0 Å². The second-order valence-corrected chi connectivity index (χ2v) is 13.9. The molecule has 2 bridgehead atoms. The van der Waals surface area contributed by atoms with Gasteiger partial charge in [0.1, 0.15) is 17.2 Å². The molecule has 1 aromatic carbocycles. The number of aryl methyl sites for hydroxylation is 1. The molecule has 1 aromatic heterocycles. The Bertz CT molecular complexity index is 1200. The van der Waals surface area contributed by atoms with Gasteiger partial charge < -0.3 is 19.5 Å². The standard InChI is InChI=1S/C33H50N6O3/c1-22(2)30-36-35-23(3)39(30)28-20-26-12-13-27(21-28)38(26)19-16-29(24-10-8-7-9-11-24)34-31(40)25-14-17-37(18-15-25)32(41)42-33(4,5)6/h7-11,22,25-29H,12-21H2,1-6H3,(H,34,40)/t26?,27?,28?,29-/m0/s1. The van der Waals surface area contributed by atoms with E-state index in [-0.39, 0.29) is 24.0 Å². The fourth-order valence-corrected chi connectivity index (χ4v) is 7.28. The number of carbonyl (C=O) groups excluding carboxylic acids is 2. The number of hydrogen-bond acceptors (Lipinski definition) is 6. The van der Waals surface area contributed by atoms with Crippen molar-refractivity contribution >= 4 is 12.0 Å². The van der Waals surface area contributed by atoms with Gasteiger partial charge >= 0.3 is 6.09 Å². The summed E-state index contributed by atoms with van der Waals surface area (Å²) in [7, 11) is 0. The number of amides is 2. The first-order chi connectivity index (χ1) is 20.0. The highest BCUT2D eigenvalue weighted by Gasteiger charge is 2.42. The fraction of sp³-hybridized carbons (Fsp3) is 0.697. The summed E-state index contributed by atoms with van der Waals surface area (Å²) in [6.45, 7) is 14.2. The van der Waals surface area contributed by atoms with Crippen molar-refractivity contribution in [3.05, 3.63) is 47.5 Å². The van der Waals surface area contributed by atoms with Crippen LogP contribution < -0.4 is 5.32 Å². The van der Waals surface area contributed by atoms with Crippen molar-refractivity contribution in [1.29, 1.82) is 0 Å². The lowest BCUT2D eigenvalue weighted by molar-refractivity contribution is -0.127. The molecule has 3 atom stereocenters. The lowest BCUT2D eigenvalue weighted by Gasteiger charge is -2.41. The van der Waals surface area contributed by atoms with E-state index in [4.69, 9.17) is 4.74 Å². The first-order valence-corrected chi connectivity index (χ1v) is 16.0. The Morgan fingerprint density at radius 2 is 1.62 bits per heavy atom. The van der Waals surface area contributed by atoms with Crippen LogP contribution in [0.3, 0.4) is 0 Å². The minimum absolute atomic E-state index is 0.0349. The highest BCUT2D eigenvalue weighted by atomic mass is 16.6. The highest BCUT2D eigenvalue weighted by molar-refractivity contribution is 5.79. The first kappa shape index (κ1) is 30.5. The first-order valence-electron chi connectivity index (χ1n) is 16.0. The molecule has 3 fully saturated rings. The number of likely N-dealkylation sites (tertiary alicyclic amines) is 1.